The first-order chi connectivity index (χ1) is 14.7. The highest BCUT2D eigenvalue weighted by Crippen LogP contribution is 2.25. The fourth-order valence-electron chi connectivity index (χ4n) is 3.26. The van der Waals surface area contributed by atoms with Crippen molar-refractivity contribution in [2.24, 2.45) is 5.10 Å². The van der Waals surface area contributed by atoms with E-state index >= 15 is 0 Å². The number of amides is 1. The minimum atomic E-state index is -3.63. The maximum Gasteiger partial charge on any atom is 0.260 e. The van der Waals surface area contributed by atoms with Crippen molar-refractivity contribution in [2.45, 2.75) is 13.8 Å². The van der Waals surface area contributed by atoms with Gasteiger partial charge in [-0.3, -0.25) is 9.10 Å². The Morgan fingerprint density at radius 1 is 1.13 bits per heavy atom. The lowest BCUT2D eigenvalue weighted by Crippen LogP contribution is -2.38. The SMILES string of the molecule is Cc1cc(/C=N/NC(=O)CN(c2ccccc2)S(C)(=O)=O)c(C)n1-c1ccccc1Cl. The Hall–Kier alpha value is -3.10. The van der Waals surface area contributed by atoms with E-state index in [1.54, 1.807) is 30.3 Å². The molecule has 3 aromatic rings. The van der Waals surface area contributed by atoms with Gasteiger partial charge in [0.2, 0.25) is 10.0 Å². The van der Waals surface area contributed by atoms with Gasteiger partial charge >= 0.3 is 0 Å². The predicted octanol–water partition coefficient (Wildman–Crippen LogP) is 3.66. The quantitative estimate of drug-likeness (QED) is 0.433. The molecule has 0 unspecified atom stereocenters. The Kier molecular flexibility index (Phi) is 6.82. The van der Waals surface area contributed by atoms with E-state index in [4.69, 9.17) is 11.6 Å². The van der Waals surface area contributed by atoms with Crippen LogP contribution in [-0.4, -0.2) is 37.9 Å². The number of hydrogen-bond acceptors (Lipinski definition) is 4. The van der Waals surface area contributed by atoms with Gasteiger partial charge in [-0.05, 0) is 44.2 Å². The predicted molar refractivity (Wildman–Crippen MR) is 125 cm³/mol. The van der Waals surface area contributed by atoms with Gasteiger partial charge in [-0.15, -0.1) is 0 Å². The molecule has 0 bridgehead atoms. The molecule has 2 aromatic carbocycles. The number of hydrogen-bond donors (Lipinski definition) is 1. The summed E-state index contributed by atoms with van der Waals surface area (Å²) in [6.07, 6.45) is 2.58. The molecule has 0 radical (unpaired) electrons. The van der Waals surface area contributed by atoms with Crippen molar-refractivity contribution in [3.63, 3.8) is 0 Å². The van der Waals surface area contributed by atoms with Gasteiger partial charge < -0.3 is 4.57 Å². The van der Waals surface area contributed by atoms with Gasteiger partial charge in [0.1, 0.15) is 6.54 Å². The minimum absolute atomic E-state index is 0.376. The number of halogens is 1. The molecular weight excluding hydrogens is 436 g/mol. The van der Waals surface area contributed by atoms with Crippen LogP contribution in [0.4, 0.5) is 5.69 Å². The Bertz CT molecular complexity index is 1220. The average molecular weight is 459 g/mol. The first kappa shape index (κ1) is 22.6. The molecule has 0 aliphatic heterocycles. The standard InChI is InChI=1S/C22H23ClN4O3S/c1-16-13-18(17(2)27(16)21-12-8-7-11-20(21)23)14-24-25-22(28)15-26(31(3,29)30)19-9-5-4-6-10-19/h4-14H,15H2,1-3H3,(H,25,28)/b24-14+. The Balaban J connectivity index is 1.74. The van der Waals surface area contributed by atoms with Crippen LogP contribution in [0.1, 0.15) is 17.0 Å². The number of para-hydroxylation sites is 2. The van der Waals surface area contributed by atoms with Gasteiger partial charge in [0.25, 0.3) is 5.91 Å². The lowest BCUT2D eigenvalue weighted by Gasteiger charge is -2.21. The van der Waals surface area contributed by atoms with Crippen LogP contribution in [0, 0.1) is 13.8 Å². The zero-order valence-corrected chi connectivity index (χ0v) is 19.0. The molecule has 0 saturated heterocycles. The van der Waals surface area contributed by atoms with Crippen LogP contribution >= 0.6 is 11.6 Å². The van der Waals surface area contributed by atoms with Gasteiger partial charge in [0.15, 0.2) is 0 Å². The second-order valence-corrected chi connectivity index (χ2v) is 9.33. The Labute approximate surface area is 187 Å². The molecule has 1 aromatic heterocycles. The van der Waals surface area contributed by atoms with Crippen molar-refractivity contribution >= 4 is 39.4 Å². The van der Waals surface area contributed by atoms with Crippen molar-refractivity contribution in [3.8, 4) is 5.69 Å². The second-order valence-electron chi connectivity index (χ2n) is 7.01. The Morgan fingerprint density at radius 3 is 2.42 bits per heavy atom. The number of aromatic nitrogens is 1. The van der Waals surface area contributed by atoms with Gasteiger partial charge in [-0.25, -0.2) is 13.8 Å². The van der Waals surface area contributed by atoms with Crippen molar-refractivity contribution in [3.05, 3.63) is 82.6 Å². The molecule has 1 N–H and O–H groups in total. The molecule has 0 aliphatic carbocycles. The van der Waals surface area contributed by atoms with Crippen LogP contribution in [0.2, 0.25) is 5.02 Å². The molecule has 9 heteroatoms. The molecule has 3 rings (SSSR count). The summed E-state index contributed by atoms with van der Waals surface area (Å²) in [5.41, 5.74) is 6.34. The van der Waals surface area contributed by atoms with E-state index in [-0.39, 0.29) is 6.54 Å². The van der Waals surface area contributed by atoms with Gasteiger partial charge in [0.05, 0.1) is 28.9 Å². The number of hydrazone groups is 1. The van der Waals surface area contributed by atoms with E-state index in [1.807, 2.05) is 48.7 Å². The Morgan fingerprint density at radius 2 is 1.77 bits per heavy atom. The number of anilines is 1. The first-order valence-corrected chi connectivity index (χ1v) is 11.7. The maximum atomic E-state index is 12.3. The number of rotatable bonds is 7. The summed E-state index contributed by atoms with van der Waals surface area (Å²) < 4.78 is 27.2. The smallest absolute Gasteiger partial charge is 0.260 e. The van der Waals surface area contributed by atoms with Crippen LogP contribution in [0.3, 0.4) is 0 Å². The van der Waals surface area contributed by atoms with Gasteiger partial charge in [-0.2, -0.15) is 5.10 Å². The summed E-state index contributed by atoms with van der Waals surface area (Å²) in [7, 11) is -3.63. The molecule has 1 amide bonds. The molecule has 0 atom stereocenters. The molecule has 7 nitrogen and oxygen atoms in total. The van der Waals surface area contributed by atoms with Crippen molar-refractivity contribution in [2.75, 3.05) is 17.1 Å². The summed E-state index contributed by atoms with van der Waals surface area (Å²) in [6, 6.07) is 17.9. The minimum Gasteiger partial charge on any atom is -0.316 e. The zero-order chi connectivity index (χ0) is 22.6. The lowest BCUT2D eigenvalue weighted by atomic mass is 10.2. The van der Waals surface area contributed by atoms with Crippen molar-refractivity contribution in [1.82, 2.24) is 9.99 Å². The zero-order valence-electron chi connectivity index (χ0n) is 17.4. The summed E-state index contributed by atoms with van der Waals surface area (Å²) in [6.45, 7) is 3.51. The third-order valence-electron chi connectivity index (χ3n) is 4.69. The molecule has 0 aliphatic rings. The number of carbonyl (C=O) groups is 1. The summed E-state index contributed by atoms with van der Waals surface area (Å²) in [5.74, 6) is -0.551. The van der Waals surface area contributed by atoms with Crippen LogP contribution in [-0.2, 0) is 14.8 Å². The first-order valence-electron chi connectivity index (χ1n) is 9.47. The van der Waals surface area contributed by atoms with Crippen LogP contribution < -0.4 is 9.73 Å². The molecule has 0 spiro atoms. The summed E-state index contributed by atoms with van der Waals surface area (Å²) in [5, 5.41) is 4.64. The van der Waals surface area contributed by atoms with E-state index < -0.39 is 15.9 Å². The fourth-order valence-corrected chi connectivity index (χ4v) is 4.33. The number of aryl methyl sites for hydroxylation is 1. The molecule has 1 heterocycles. The number of nitrogens with one attached hydrogen (secondary N) is 1. The van der Waals surface area contributed by atoms with E-state index in [0.717, 1.165) is 33.2 Å². The molecule has 31 heavy (non-hydrogen) atoms. The number of nitrogens with zero attached hydrogens (tertiary/aromatic N) is 3. The maximum absolute atomic E-state index is 12.3. The van der Waals surface area contributed by atoms with Crippen LogP contribution in [0.15, 0.2) is 65.8 Å². The molecule has 0 saturated carbocycles. The van der Waals surface area contributed by atoms with E-state index in [0.29, 0.717) is 10.7 Å². The highest BCUT2D eigenvalue weighted by atomic mass is 35.5. The molecular formula is C22H23ClN4O3S. The lowest BCUT2D eigenvalue weighted by molar-refractivity contribution is -0.119. The number of carbonyl (C=O) groups excluding carboxylic acids is 1. The average Bonchev–Trinajstić information content (AvgIpc) is 3.00. The van der Waals surface area contributed by atoms with Gasteiger partial charge in [0, 0.05) is 17.0 Å². The molecule has 0 fully saturated rings. The summed E-state index contributed by atoms with van der Waals surface area (Å²) >= 11 is 6.33. The van der Waals surface area contributed by atoms with Crippen LogP contribution in [0.5, 0.6) is 0 Å². The van der Waals surface area contributed by atoms with E-state index in [2.05, 4.69) is 10.5 Å². The van der Waals surface area contributed by atoms with E-state index in [1.165, 1.54) is 6.21 Å². The third kappa shape index (κ3) is 5.34. The van der Waals surface area contributed by atoms with Gasteiger partial charge in [-0.1, -0.05) is 41.9 Å². The van der Waals surface area contributed by atoms with Crippen molar-refractivity contribution in [1.29, 1.82) is 0 Å². The number of sulfonamides is 1. The highest BCUT2D eigenvalue weighted by Gasteiger charge is 2.20. The summed E-state index contributed by atoms with van der Waals surface area (Å²) in [4.78, 5) is 12.3. The van der Waals surface area contributed by atoms with E-state index in [9.17, 15) is 13.2 Å². The third-order valence-corrected chi connectivity index (χ3v) is 6.15. The van der Waals surface area contributed by atoms with Crippen molar-refractivity contribution < 1.29 is 13.2 Å². The largest absolute Gasteiger partial charge is 0.316 e. The molecule has 162 valence electrons. The highest BCUT2D eigenvalue weighted by molar-refractivity contribution is 7.92. The normalized spacial score (nSPS) is 11.6. The topological polar surface area (TPSA) is 83.8 Å². The fraction of sp³-hybridized carbons (Fsp3) is 0.182. The second kappa shape index (κ2) is 9.36. The van der Waals surface area contributed by atoms with Crippen LogP contribution in [0.25, 0.3) is 5.69 Å². The monoisotopic (exact) mass is 458 g/mol. The number of benzene rings is 2.